The molecule has 0 bridgehead atoms. The first-order chi connectivity index (χ1) is 13.8. The molecule has 150 valence electrons. The average molecular weight is 382 g/mol. The Balaban J connectivity index is 1.46. The largest absolute Gasteiger partial charge is 0.457 e. The van der Waals surface area contributed by atoms with E-state index in [4.69, 9.17) is 9.47 Å². The number of para-hydroxylation sites is 2. The molecule has 0 saturated carbocycles. The van der Waals surface area contributed by atoms with Crippen molar-refractivity contribution < 1.29 is 14.3 Å². The highest BCUT2D eigenvalue weighted by Crippen LogP contribution is 2.42. The molecule has 4 heteroatoms. The maximum absolute atomic E-state index is 12.4. The summed E-state index contributed by atoms with van der Waals surface area (Å²) in [4.78, 5) is 12.4. The number of hydrogen-bond acceptors (Lipinski definition) is 3. The third-order valence-electron chi connectivity index (χ3n) is 5.17. The topological polar surface area (TPSA) is 47.6 Å². The first kappa shape index (κ1) is 20.2. The standard InChI is InChI=1S/C24H31NO3/c1-2-3-4-5-6-7-8-13-18-27-24(26)25-23-19-14-9-11-16-21(19)28-22-17-12-10-15-20(22)23/h9-12,14-17,23H,2-8,13,18H2,1H3,(H,25,26). The molecule has 0 atom stereocenters. The number of carbonyl (C=O) groups is 1. The predicted molar refractivity (Wildman–Crippen MR) is 112 cm³/mol. The van der Waals surface area contributed by atoms with Crippen molar-refractivity contribution in [1.29, 1.82) is 0 Å². The summed E-state index contributed by atoms with van der Waals surface area (Å²) in [6.07, 6.45) is 9.43. The Labute approximate surface area is 168 Å². The molecule has 0 fully saturated rings. The van der Waals surface area contributed by atoms with Crippen molar-refractivity contribution in [3.8, 4) is 11.5 Å². The van der Waals surface area contributed by atoms with Crippen LogP contribution in [0.5, 0.6) is 11.5 Å². The van der Waals surface area contributed by atoms with Crippen LogP contribution in [-0.4, -0.2) is 12.7 Å². The third kappa shape index (κ3) is 5.51. The second-order valence-electron chi connectivity index (χ2n) is 7.37. The molecule has 4 nitrogen and oxygen atoms in total. The van der Waals surface area contributed by atoms with Gasteiger partial charge in [0.05, 0.1) is 12.6 Å². The predicted octanol–water partition coefficient (Wildman–Crippen LogP) is 6.75. The van der Waals surface area contributed by atoms with Gasteiger partial charge in [-0.15, -0.1) is 0 Å². The molecule has 1 N–H and O–H groups in total. The zero-order valence-electron chi connectivity index (χ0n) is 16.8. The maximum Gasteiger partial charge on any atom is 0.407 e. The molecule has 0 spiro atoms. The van der Waals surface area contributed by atoms with E-state index < -0.39 is 0 Å². The van der Waals surface area contributed by atoms with E-state index in [2.05, 4.69) is 12.2 Å². The molecule has 2 aromatic rings. The molecule has 1 amide bonds. The highest BCUT2D eigenvalue weighted by Gasteiger charge is 2.28. The van der Waals surface area contributed by atoms with E-state index >= 15 is 0 Å². The van der Waals surface area contributed by atoms with Gasteiger partial charge in [0, 0.05) is 11.1 Å². The van der Waals surface area contributed by atoms with Gasteiger partial charge in [0.2, 0.25) is 0 Å². The number of carbonyl (C=O) groups excluding carboxylic acids is 1. The molecule has 1 aliphatic heterocycles. The van der Waals surface area contributed by atoms with Gasteiger partial charge in [-0.3, -0.25) is 0 Å². The molecule has 2 aromatic carbocycles. The fourth-order valence-electron chi connectivity index (χ4n) is 3.63. The molecule has 1 heterocycles. The molecule has 0 radical (unpaired) electrons. The van der Waals surface area contributed by atoms with Crippen molar-refractivity contribution >= 4 is 6.09 Å². The van der Waals surface area contributed by atoms with E-state index in [1.54, 1.807) is 0 Å². The highest BCUT2D eigenvalue weighted by molar-refractivity contribution is 5.70. The molecule has 3 rings (SSSR count). The van der Waals surface area contributed by atoms with Crippen molar-refractivity contribution in [3.63, 3.8) is 0 Å². The van der Waals surface area contributed by atoms with E-state index in [0.717, 1.165) is 35.5 Å². The summed E-state index contributed by atoms with van der Waals surface area (Å²) in [6.45, 7) is 2.70. The van der Waals surface area contributed by atoms with E-state index in [0.29, 0.717) is 6.61 Å². The van der Waals surface area contributed by atoms with Crippen LogP contribution in [0.15, 0.2) is 48.5 Å². The van der Waals surface area contributed by atoms with Gasteiger partial charge in [-0.2, -0.15) is 0 Å². The van der Waals surface area contributed by atoms with Crippen molar-refractivity contribution in [1.82, 2.24) is 5.32 Å². The number of unbranched alkanes of at least 4 members (excludes halogenated alkanes) is 7. The quantitative estimate of drug-likeness (QED) is 0.463. The lowest BCUT2D eigenvalue weighted by atomic mass is 9.95. The molecule has 28 heavy (non-hydrogen) atoms. The number of hydrogen-bond donors (Lipinski definition) is 1. The Morgan fingerprint density at radius 3 is 2.00 bits per heavy atom. The molecule has 1 aliphatic rings. The average Bonchev–Trinajstić information content (AvgIpc) is 2.72. The monoisotopic (exact) mass is 381 g/mol. The smallest absolute Gasteiger partial charge is 0.407 e. The Bertz CT molecular complexity index is 714. The molecule has 0 unspecified atom stereocenters. The fraction of sp³-hybridized carbons (Fsp3) is 0.458. The summed E-state index contributed by atoms with van der Waals surface area (Å²) in [5.41, 5.74) is 1.90. The van der Waals surface area contributed by atoms with Crippen LogP contribution in [0.2, 0.25) is 0 Å². The summed E-state index contributed by atoms with van der Waals surface area (Å²) in [7, 11) is 0. The van der Waals surface area contributed by atoms with Gasteiger partial charge < -0.3 is 14.8 Å². The number of fused-ring (bicyclic) bond motifs is 2. The molecule has 0 aromatic heterocycles. The minimum absolute atomic E-state index is 0.257. The summed E-state index contributed by atoms with van der Waals surface area (Å²) in [6, 6.07) is 15.3. The summed E-state index contributed by atoms with van der Waals surface area (Å²) in [5.74, 6) is 1.55. The molecular weight excluding hydrogens is 350 g/mol. The maximum atomic E-state index is 12.4. The van der Waals surface area contributed by atoms with Crippen molar-refractivity contribution in [2.75, 3.05) is 6.61 Å². The number of ether oxygens (including phenoxy) is 2. The van der Waals surface area contributed by atoms with Crippen LogP contribution in [0, 0.1) is 0 Å². The summed E-state index contributed by atoms with van der Waals surface area (Å²) in [5, 5.41) is 3.02. The van der Waals surface area contributed by atoms with E-state index in [-0.39, 0.29) is 12.1 Å². The number of rotatable bonds is 10. The zero-order chi connectivity index (χ0) is 19.6. The Hall–Kier alpha value is -2.49. The minimum Gasteiger partial charge on any atom is -0.457 e. The van der Waals surface area contributed by atoms with E-state index in [1.165, 1.54) is 38.5 Å². The van der Waals surface area contributed by atoms with Crippen molar-refractivity contribution in [3.05, 3.63) is 59.7 Å². The second kappa shape index (κ2) is 10.7. The van der Waals surface area contributed by atoms with Crippen LogP contribution in [0.3, 0.4) is 0 Å². The molecule has 0 saturated heterocycles. The lowest BCUT2D eigenvalue weighted by molar-refractivity contribution is 0.141. The zero-order valence-corrected chi connectivity index (χ0v) is 16.8. The van der Waals surface area contributed by atoms with Gasteiger partial charge in [-0.1, -0.05) is 88.3 Å². The second-order valence-corrected chi connectivity index (χ2v) is 7.37. The number of nitrogens with one attached hydrogen (secondary N) is 1. The number of alkyl carbamates (subject to hydrolysis) is 1. The van der Waals surface area contributed by atoms with E-state index in [9.17, 15) is 4.79 Å². The summed E-state index contributed by atoms with van der Waals surface area (Å²) < 4.78 is 11.4. The molecular formula is C24H31NO3. The Kier molecular flexibility index (Phi) is 7.77. The highest BCUT2D eigenvalue weighted by atomic mass is 16.5. The lowest BCUT2D eigenvalue weighted by Crippen LogP contribution is -2.31. The van der Waals surface area contributed by atoms with Crippen molar-refractivity contribution in [2.45, 2.75) is 64.3 Å². The van der Waals surface area contributed by atoms with Crippen LogP contribution in [0.1, 0.15) is 75.5 Å². The Morgan fingerprint density at radius 1 is 0.857 bits per heavy atom. The summed E-state index contributed by atoms with van der Waals surface area (Å²) >= 11 is 0. The van der Waals surface area contributed by atoms with Gasteiger partial charge in [-0.25, -0.2) is 4.79 Å². The van der Waals surface area contributed by atoms with Gasteiger partial charge in [0.15, 0.2) is 0 Å². The van der Waals surface area contributed by atoms with Gasteiger partial charge >= 0.3 is 6.09 Å². The minimum atomic E-state index is -0.376. The van der Waals surface area contributed by atoms with Crippen molar-refractivity contribution in [2.24, 2.45) is 0 Å². The van der Waals surface area contributed by atoms with Crippen LogP contribution in [-0.2, 0) is 4.74 Å². The Morgan fingerprint density at radius 2 is 1.39 bits per heavy atom. The lowest BCUT2D eigenvalue weighted by Gasteiger charge is -2.28. The van der Waals surface area contributed by atoms with Crippen LogP contribution < -0.4 is 10.1 Å². The first-order valence-electron chi connectivity index (χ1n) is 10.6. The number of amides is 1. The van der Waals surface area contributed by atoms with Gasteiger partial charge in [0.1, 0.15) is 11.5 Å². The van der Waals surface area contributed by atoms with Gasteiger partial charge in [-0.05, 0) is 18.6 Å². The van der Waals surface area contributed by atoms with E-state index in [1.807, 2.05) is 48.5 Å². The third-order valence-corrected chi connectivity index (χ3v) is 5.17. The first-order valence-corrected chi connectivity index (χ1v) is 10.6. The SMILES string of the molecule is CCCCCCCCCCOC(=O)NC1c2ccccc2Oc2ccccc21. The van der Waals surface area contributed by atoms with Gasteiger partial charge in [0.25, 0.3) is 0 Å². The molecule has 0 aliphatic carbocycles. The van der Waals surface area contributed by atoms with Crippen LogP contribution in [0.4, 0.5) is 4.79 Å². The fourth-order valence-corrected chi connectivity index (χ4v) is 3.63. The number of benzene rings is 2. The van der Waals surface area contributed by atoms with Crippen LogP contribution in [0.25, 0.3) is 0 Å². The van der Waals surface area contributed by atoms with Crippen LogP contribution >= 0.6 is 0 Å². The normalized spacial score (nSPS) is 12.6.